The smallest absolute Gasteiger partial charge is 0.243 e. The van der Waals surface area contributed by atoms with Gasteiger partial charge >= 0.3 is 0 Å². The van der Waals surface area contributed by atoms with E-state index < -0.39 is 10.0 Å². The summed E-state index contributed by atoms with van der Waals surface area (Å²) in [5.41, 5.74) is 2.03. The molecule has 1 atom stereocenters. The van der Waals surface area contributed by atoms with Crippen LogP contribution in [0.5, 0.6) is 0 Å². The Hall–Kier alpha value is -1.37. The topological polar surface area (TPSA) is 50.3 Å². The van der Waals surface area contributed by atoms with Crippen LogP contribution in [-0.2, 0) is 10.0 Å². The van der Waals surface area contributed by atoms with Crippen LogP contribution in [0.4, 0.5) is 0 Å². The summed E-state index contributed by atoms with van der Waals surface area (Å²) in [6.45, 7) is 6.78. The number of aromatic nitrogens is 1. The average molecular weight is 377 g/mol. The van der Waals surface area contributed by atoms with Crippen molar-refractivity contribution in [2.75, 3.05) is 6.54 Å². The number of benzene rings is 1. The van der Waals surface area contributed by atoms with E-state index in [2.05, 4.69) is 18.8 Å². The van der Waals surface area contributed by atoms with Crippen molar-refractivity contribution in [3.8, 4) is 0 Å². The van der Waals surface area contributed by atoms with Gasteiger partial charge in [-0.2, -0.15) is 4.31 Å². The lowest BCUT2D eigenvalue weighted by molar-refractivity contribution is 0.396. The van der Waals surface area contributed by atoms with Crippen molar-refractivity contribution < 1.29 is 8.42 Å². The average Bonchev–Trinajstić information content (AvgIpc) is 3.06. The summed E-state index contributed by atoms with van der Waals surface area (Å²) in [4.78, 5) is 4.87. The monoisotopic (exact) mass is 376 g/mol. The number of thioether (sulfide) groups is 1. The van der Waals surface area contributed by atoms with Crippen molar-refractivity contribution in [3.05, 3.63) is 53.7 Å². The molecule has 1 saturated heterocycles. The van der Waals surface area contributed by atoms with E-state index in [4.69, 9.17) is 0 Å². The van der Waals surface area contributed by atoms with Crippen LogP contribution in [0.1, 0.15) is 43.9 Å². The molecule has 1 aromatic carbocycles. The summed E-state index contributed by atoms with van der Waals surface area (Å²) in [5, 5.41) is 1.45. The van der Waals surface area contributed by atoms with Crippen LogP contribution in [0.3, 0.4) is 0 Å². The van der Waals surface area contributed by atoms with E-state index in [0.29, 0.717) is 16.7 Å². The minimum atomic E-state index is -3.48. The number of pyridine rings is 1. The van der Waals surface area contributed by atoms with Gasteiger partial charge in [-0.05, 0) is 43.5 Å². The molecule has 0 unspecified atom stereocenters. The molecule has 0 radical (unpaired) electrons. The Labute approximate surface area is 154 Å². The second-order valence-electron chi connectivity index (χ2n) is 6.68. The first-order valence-electron chi connectivity index (χ1n) is 8.59. The van der Waals surface area contributed by atoms with Gasteiger partial charge in [0.2, 0.25) is 10.0 Å². The Balaban J connectivity index is 1.86. The largest absolute Gasteiger partial charge is 0.250 e. The van der Waals surface area contributed by atoms with Gasteiger partial charge in [-0.1, -0.05) is 37.6 Å². The molecule has 1 aliphatic heterocycles. The summed E-state index contributed by atoms with van der Waals surface area (Å²) in [5.74, 6) is 0. The van der Waals surface area contributed by atoms with Crippen molar-refractivity contribution >= 4 is 21.8 Å². The molecule has 0 bridgehead atoms. The van der Waals surface area contributed by atoms with Gasteiger partial charge in [-0.3, -0.25) is 0 Å². The summed E-state index contributed by atoms with van der Waals surface area (Å²) in [6, 6.07) is 11.0. The predicted octanol–water partition coefficient (Wildman–Crippen LogP) is 4.42. The van der Waals surface area contributed by atoms with Gasteiger partial charge in [0.15, 0.2) is 0 Å². The molecule has 1 aromatic heterocycles. The highest BCUT2D eigenvalue weighted by molar-refractivity contribution is 7.99. The van der Waals surface area contributed by atoms with Crippen LogP contribution in [0.25, 0.3) is 0 Å². The highest BCUT2D eigenvalue weighted by Gasteiger charge is 2.36. The maximum atomic E-state index is 13.0. The third-order valence-electron chi connectivity index (χ3n) is 4.33. The molecule has 0 saturated carbocycles. The Morgan fingerprint density at radius 2 is 1.88 bits per heavy atom. The first-order valence-corrected chi connectivity index (χ1v) is 10.9. The fourth-order valence-electron chi connectivity index (χ4n) is 3.11. The molecule has 0 amide bonds. The van der Waals surface area contributed by atoms with E-state index in [1.54, 1.807) is 28.2 Å². The van der Waals surface area contributed by atoms with Gasteiger partial charge in [0.05, 0.1) is 16.0 Å². The van der Waals surface area contributed by atoms with E-state index in [1.807, 2.05) is 37.4 Å². The molecule has 25 heavy (non-hydrogen) atoms. The molecule has 0 N–H and O–H groups in total. The number of nitrogens with zero attached hydrogens (tertiary/aromatic N) is 2. The second kappa shape index (κ2) is 7.48. The van der Waals surface area contributed by atoms with Crippen LogP contribution in [0, 0.1) is 6.92 Å². The summed E-state index contributed by atoms with van der Waals surface area (Å²) < 4.78 is 27.7. The number of sulfonamides is 1. The van der Waals surface area contributed by atoms with Crippen molar-refractivity contribution in [1.82, 2.24) is 9.29 Å². The number of aryl methyl sites for hydroxylation is 1. The summed E-state index contributed by atoms with van der Waals surface area (Å²) in [6.07, 6.45) is 3.54. The SMILES string of the molecule is Cc1ccc(S(=O)(=O)N2CCC[C@H]2c2ccc(SC(C)C)nc2)cc1. The van der Waals surface area contributed by atoms with Crippen LogP contribution in [0.2, 0.25) is 0 Å². The van der Waals surface area contributed by atoms with Crippen molar-refractivity contribution in [2.45, 2.75) is 54.8 Å². The van der Waals surface area contributed by atoms with Crippen LogP contribution < -0.4 is 0 Å². The van der Waals surface area contributed by atoms with Crippen molar-refractivity contribution in [2.24, 2.45) is 0 Å². The van der Waals surface area contributed by atoms with E-state index in [0.717, 1.165) is 29.0 Å². The first kappa shape index (κ1) is 18.4. The lowest BCUT2D eigenvalue weighted by Crippen LogP contribution is -2.30. The summed E-state index contributed by atoms with van der Waals surface area (Å²) >= 11 is 1.71. The van der Waals surface area contributed by atoms with Gasteiger partial charge in [0, 0.05) is 18.0 Å². The predicted molar refractivity (Wildman–Crippen MR) is 102 cm³/mol. The highest BCUT2D eigenvalue weighted by Crippen LogP contribution is 2.36. The zero-order chi connectivity index (χ0) is 18.0. The summed E-state index contributed by atoms with van der Waals surface area (Å²) in [7, 11) is -3.48. The molecule has 4 nitrogen and oxygen atoms in total. The highest BCUT2D eigenvalue weighted by atomic mass is 32.2. The normalized spacial score (nSPS) is 18.8. The number of rotatable bonds is 5. The molecule has 1 aliphatic rings. The Kier molecular flexibility index (Phi) is 5.51. The zero-order valence-electron chi connectivity index (χ0n) is 14.8. The second-order valence-corrected chi connectivity index (χ2v) is 10.2. The fraction of sp³-hybridized carbons (Fsp3) is 0.421. The Bertz CT molecular complexity index is 816. The molecule has 0 aliphatic carbocycles. The number of hydrogen-bond acceptors (Lipinski definition) is 4. The van der Waals surface area contributed by atoms with Crippen LogP contribution >= 0.6 is 11.8 Å². The lowest BCUT2D eigenvalue weighted by Gasteiger charge is -2.24. The molecule has 0 spiro atoms. The molecule has 2 heterocycles. The molecule has 2 aromatic rings. The van der Waals surface area contributed by atoms with Crippen LogP contribution in [-0.4, -0.2) is 29.5 Å². The van der Waals surface area contributed by atoms with E-state index in [9.17, 15) is 8.42 Å². The maximum absolute atomic E-state index is 13.0. The molecular weight excluding hydrogens is 352 g/mol. The minimum Gasteiger partial charge on any atom is -0.250 e. The lowest BCUT2D eigenvalue weighted by atomic mass is 10.1. The quantitative estimate of drug-likeness (QED) is 0.725. The standard InChI is InChI=1S/C19H24N2O2S2/c1-14(2)24-19-11-8-16(13-20-19)18-5-4-12-21(18)25(22,23)17-9-6-15(3)7-10-17/h6-11,13-14,18H,4-5,12H2,1-3H3/t18-/m0/s1. The van der Waals surface area contributed by atoms with Crippen molar-refractivity contribution in [3.63, 3.8) is 0 Å². The molecule has 134 valence electrons. The van der Waals surface area contributed by atoms with Gasteiger partial charge in [0.1, 0.15) is 0 Å². The molecular formula is C19H24N2O2S2. The van der Waals surface area contributed by atoms with Gasteiger partial charge in [-0.25, -0.2) is 13.4 Å². The third kappa shape index (κ3) is 4.07. The molecule has 6 heteroatoms. The fourth-order valence-corrected chi connectivity index (χ4v) is 5.53. The van der Waals surface area contributed by atoms with Gasteiger partial charge < -0.3 is 0 Å². The van der Waals surface area contributed by atoms with E-state index >= 15 is 0 Å². The Morgan fingerprint density at radius 3 is 2.48 bits per heavy atom. The maximum Gasteiger partial charge on any atom is 0.243 e. The van der Waals surface area contributed by atoms with E-state index in [-0.39, 0.29) is 6.04 Å². The zero-order valence-corrected chi connectivity index (χ0v) is 16.5. The van der Waals surface area contributed by atoms with Gasteiger partial charge in [-0.15, -0.1) is 11.8 Å². The van der Waals surface area contributed by atoms with Crippen LogP contribution in [0.15, 0.2) is 52.5 Å². The molecule has 3 rings (SSSR count). The minimum absolute atomic E-state index is 0.128. The van der Waals surface area contributed by atoms with Gasteiger partial charge in [0.25, 0.3) is 0 Å². The third-order valence-corrected chi connectivity index (χ3v) is 7.21. The Morgan fingerprint density at radius 1 is 1.16 bits per heavy atom. The number of hydrogen-bond donors (Lipinski definition) is 0. The first-order chi connectivity index (χ1) is 11.9. The van der Waals surface area contributed by atoms with Crippen molar-refractivity contribution in [1.29, 1.82) is 0 Å². The molecule has 1 fully saturated rings. The van der Waals surface area contributed by atoms with E-state index in [1.165, 1.54) is 0 Å².